The third-order valence-electron chi connectivity index (χ3n) is 4.64. The van der Waals surface area contributed by atoms with Gasteiger partial charge in [-0.2, -0.15) is 0 Å². The van der Waals surface area contributed by atoms with E-state index in [1.807, 2.05) is 56.3 Å². The van der Waals surface area contributed by atoms with Crippen LogP contribution in [0.5, 0.6) is 0 Å². The lowest BCUT2D eigenvalue weighted by Crippen LogP contribution is -2.15. The highest BCUT2D eigenvalue weighted by atomic mass is 16.3. The van der Waals surface area contributed by atoms with Crippen LogP contribution in [0.2, 0.25) is 0 Å². The SMILES string of the molecule is Cc1cccc(C)c1NC(=O)Cc1coc2ccc3ccccc3c12. The summed E-state index contributed by atoms with van der Waals surface area (Å²) in [6.45, 7) is 4.01. The molecule has 0 fully saturated rings. The van der Waals surface area contributed by atoms with Gasteiger partial charge in [-0.15, -0.1) is 0 Å². The highest BCUT2D eigenvalue weighted by molar-refractivity contribution is 6.09. The molecule has 0 radical (unpaired) electrons. The molecule has 0 aliphatic heterocycles. The molecule has 1 heterocycles. The molecule has 0 spiro atoms. The zero-order chi connectivity index (χ0) is 17.4. The van der Waals surface area contributed by atoms with Crippen molar-refractivity contribution in [2.45, 2.75) is 20.3 Å². The van der Waals surface area contributed by atoms with Crippen molar-refractivity contribution in [2.24, 2.45) is 0 Å². The number of nitrogens with one attached hydrogen (secondary N) is 1. The van der Waals surface area contributed by atoms with Gasteiger partial charge in [-0.1, -0.05) is 48.5 Å². The molecule has 4 aromatic rings. The van der Waals surface area contributed by atoms with Crippen LogP contribution in [0.1, 0.15) is 16.7 Å². The zero-order valence-electron chi connectivity index (χ0n) is 14.3. The number of aryl methyl sites for hydroxylation is 2. The lowest BCUT2D eigenvalue weighted by molar-refractivity contribution is -0.115. The van der Waals surface area contributed by atoms with Crippen molar-refractivity contribution in [3.8, 4) is 0 Å². The van der Waals surface area contributed by atoms with Crippen LogP contribution in [0, 0.1) is 13.8 Å². The molecule has 3 nitrogen and oxygen atoms in total. The molecule has 4 rings (SSSR count). The predicted molar refractivity (Wildman–Crippen MR) is 102 cm³/mol. The van der Waals surface area contributed by atoms with Crippen molar-refractivity contribution < 1.29 is 9.21 Å². The van der Waals surface area contributed by atoms with E-state index in [1.54, 1.807) is 6.26 Å². The van der Waals surface area contributed by atoms with Gasteiger partial charge in [0.25, 0.3) is 0 Å². The summed E-state index contributed by atoms with van der Waals surface area (Å²) >= 11 is 0. The fraction of sp³-hybridized carbons (Fsp3) is 0.136. The summed E-state index contributed by atoms with van der Waals surface area (Å²) in [7, 11) is 0. The van der Waals surface area contributed by atoms with E-state index in [4.69, 9.17) is 4.42 Å². The summed E-state index contributed by atoms with van der Waals surface area (Å²) in [4.78, 5) is 12.6. The molecule has 1 N–H and O–H groups in total. The Labute approximate surface area is 146 Å². The summed E-state index contributed by atoms with van der Waals surface area (Å²) in [5.74, 6) is -0.0342. The lowest BCUT2D eigenvalue weighted by atomic mass is 10.0. The van der Waals surface area contributed by atoms with Crippen molar-refractivity contribution >= 4 is 33.3 Å². The van der Waals surface area contributed by atoms with Crippen molar-refractivity contribution in [1.82, 2.24) is 0 Å². The topological polar surface area (TPSA) is 42.2 Å². The van der Waals surface area contributed by atoms with E-state index in [2.05, 4.69) is 17.4 Å². The first-order valence-corrected chi connectivity index (χ1v) is 8.37. The maximum absolute atomic E-state index is 12.6. The maximum atomic E-state index is 12.6. The number of hydrogen-bond donors (Lipinski definition) is 1. The number of furan rings is 1. The Bertz CT molecular complexity index is 1070. The number of fused-ring (bicyclic) bond motifs is 3. The average molecular weight is 329 g/mol. The molecule has 0 aliphatic carbocycles. The van der Waals surface area contributed by atoms with Crippen LogP contribution in [-0.2, 0) is 11.2 Å². The number of rotatable bonds is 3. The fourth-order valence-electron chi connectivity index (χ4n) is 3.37. The van der Waals surface area contributed by atoms with Crippen molar-refractivity contribution in [3.63, 3.8) is 0 Å². The number of carbonyl (C=O) groups is 1. The minimum atomic E-state index is -0.0342. The van der Waals surface area contributed by atoms with Crippen LogP contribution in [0.3, 0.4) is 0 Å². The van der Waals surface area contributed by atoms with E-state index in [0.717, 1.165) is 44.1 Å². The molecule has 0 aliphatic rings. The van der Waals surface area contributed by atoms with Crippen molar-refractivity contribution in [3.05, 3.63) is 77.6 Å². The number of amides is 1. The largest absolute Gasteiger partial charge is 0.464 e. The highest BCUT2D eigenvalue weighted by Gasteiger charge is 2.14. The second kappa shape index (κ2) is 6.10. The van der Waals surface area contributed by atoms with Gasteiger partial charge < -0.3 is 9.73 Å². The first-order valence-electron chi connectivity index (χ1n) is 8.37. The number of para-hydroxylation sites is 1. The fourth-order valence-corrected chi connectivity index (χ4v) is 3.37. The molecular formula is C22H19NO2. The summed E-state index contributed by atoms with van der Waals surface area (Å²) in [6, 6.07) is 18.2. The minimum absolute atomic E-state index is 0.0342. The smallest absolute Gasteiger partial charge is 0.228 e. The molecule has 124 valence electrons. The second-order valence-corrected chi connectivity index (χ2v) is 6.41. The monoisotopic (exact) mass is 329 g/mol. The minimum Gasteiger partial charge on any atom is -0.464 e. The third kappa shape index (κ3) is 2.78. The lowest BCUT2D eigenvalue weighted by Gasteiger charge is -2.11. The summed E-state index contributed by atoms with van der Waals surface area (Å²) in [5.41, 5.74) is 4.75. The van der Waals surface area contributed by atoms with Gasteiger partial charge in [0.05, 0.1) is 12.7 Å². The Morgan fingerprint density at radius 3 is 2.52 bits per heavy atom. The molecule has 0 saturated carbocycles. The van der Waals surface area contributed by atoms with E-state index in [-0.39, 0.29) is 12.3 Å². The Hall–Kier alpha value is -3.07. The van der Waals surface area contributed by atoms with Gasteiger partial charge in [-0.05, 0) is 41.8 Å². The van der Waals surface area contributed by atoms with Gasteiger partial charge in [-0.25, -0.2) is 0 Å². The number of carbonyl (C=O) groups excluding carboxylic acids is 1. The molecule has 1 aromatic heterocycles. The van der Waals surface area contributed by atoms with Gasteiger partial charge in [0, 0.05) is 16.6 Å². The standard InChI is InChI=1S/C22H19NO2/c1-14-6-5-7-15(2)22(14)23-20(24)12-17-13-25-19-11-10-16-8-3-4-9-18(16)21(17)19/h3-11,13H,12H2,1-2H3,(H,23,24). The quantitative estimate of drug-likeness (QED) is 0.548. The summed E-state index contributed by atoms with van der Waals surface area (Å²) in [5, 5.41) is 6.33. The van der Waals surface area contributed by atoms with Crippen LogP contribution in [0.25, 0.3) is 21.7 Å². The Kier molecular flexibility index (Phi) is 3.77. The average Bonchev–Trinajstić information content (AvgIpc) is 3.02. The van der Waals surface area contributed by atoms with E-state index in [9.17, 15) is 4.79 Å². The van der Waals surface area contributed by atoms with E-state index in [0.29, 0.717) is 0 Å². The van der Waals surface area contributed by atoms with Crippen LogP contribution in [0.4, 0.5) is 5.69 Å². The molecule has 0 saturated heterocycles. The molecule has 3 heteroatoms. The maximum Gasteiger partial charge on any atom is 0.228 e. The number of hydrogen-bond acceptors (Lipinski definition) is 2. The van der Waals surface area contributed by atoms with Crippen molar-refractivity contribution in [2.75, 3.05) is 5.32 Å². The van der Waals surface area contributed by atoms with Gasteiger partial charge >= 0.3 is 0 Å². The van der Waals surface area contributed by atoms with Crippen LogP contribution < -0.4 is 5.32 Å². The molecule has 3 aromatic carbocycles. The zero-order valence-corrected chi connectivity index (χ0v) is 14.3. The van der Waals surface area contributed by atoms with Crippen molar-refractivity contribution in [1.29, 1.82) is 0 Å². The second-order valence-electron chi connectivity index (χ2n) is 6.41. The molecular weight excluding hydrogens is 310 g/mol. The first-order chi connectivity index (χ1) is 12.1. The van der Waals surface area contributed by atoms with Gasteiger partial charge in [-0.3, -0.25) is 4.79 Å². The van der Waals surface area contributed by atoms with Crippen LogP contribution >= 0.6 is 0 Å². The van der Waals surface area contributed by atoms with Gasteiger partial charge in [0.1, 0.15) is 5.58 Å². The number of anilines is 1. The van der Waals surface area contributed by atoms with E-state index >= 15 is 0 Å². The van der Waals surface area contributed by atoms with Crippen LogP contribution in [-0.4, -0.2) is 5.91 Å². The van der Waals surface area contributed by atoms with E-state index in [1.165, 1.54) is 0 Å². The van der Waals surface area contributed by atoms with Gasteiger partial charge in [0.2, 0.25) is 5.91 Å². The van der Waals surface area contributed by atoms with Crippen LogP contribution in [0.15, 0.2) is 65.3 Å². The normalized spacial score (nSPS) is 11.1. The van der Waals surface area contributed by atoms with Gasteiger partial charge in [0.15, 0.2) is 0 Å². The summed E-state index contributed by atoms with van der Waals surface area (Å²) < 4.78 is 5.68. The Morgan fingerprint density at radius 1 is 0.960 bits per heavy atom. The molecule has 1 amide bonds. The molecule has 0 unspecified atom stereocenters. The van der Waals surface area contributed by atoms with E-state index < -0.39 is 0 Å². The molecule has 0 bridgehead atoms. The summed E-state index contributed by atoms with van der Waals surface area (Å²) in [6.07, 6.45) is 1.98. The Balaban J connectivity index is 1.69. The molecule has 0 atom stereocenters. The number of benzene rings is 3. The third-order valence-corrected chi connectivity index (χ3v) is 4.64. The molecule has 25 heavy (non-hydrogen) atoms. The Morgan fingerprint density at radius 2 is 1.72 bits per heavy atom. The highest BCUT2D eigenvalue weighted by Crippen LogP contribution is 2.30. The first kappa shape index (κ1) is 15.5. The predicted octanol–water partition coefficient (Wildman–Crippen LogP) is 5.38.